The molecular formula is C14H24N2O4S. The maximum absolute atomic E-state index is 12.7. The number of hydrogen-bond acceptors (Lipinski definition) is 4. The highest BCUT2D eigenvalue weighted by atomic mass is 32.2. The molecule has 0 radical (unpaired) electrons. The fourth-order valence-corrected chi connectivity index (χ4v) is 3.98. The molecule has 2 amide bonds. The fourth-order valence-electron chi connectivity index (χ4n) is 3.06. The number of sulfone groups is 1. The maximum Gasteiger partial charge on any atom is 0.249 e. The van der Waals surface area contributed by atoms with Gasteiger partial charge in [0.15, 0.2) is 9.84 Å². The van der Waals surface area contributed by atoms with Crippen LogP contribution in [-0.4, -0.2) is 54.3 Å². The van der Waals surface area contributed by atoms with Gasteiger partial charge < -0.3 is 10.2 Å². The number of carbonyl (C=O) groups excluding carboxylic acids is 2. The molecule has 0 aromatic carbocycles. The van der Waals surface area contributed by atoms with Crippen molar-refractivity contribution in [2.45, 2.75) is 63.3 Å². The number of nitrogens with one attached hydrogen (secondary N) is 1. The molecule has 1 saturated heterocycles. The predicted molar refractivity (Wildman–Crippen MR) is 79.4 cm³/mol. The number of piperazine rings is 1. The Morgan fingerprint density at radius 2 is 1.86 bits per heavy atom. The predicted octanol–water partition coefficient (Wildman–Crippen LogP) is 0.469. The van der Waals surface area contributed by atoms with Crippen LogP contribution in [0.15, 0.2) is 0 Å². The Balaban J connectivity index is 2.16. The SMILES string of the molecule is CC1C(=O)NC2(CCCC2)C(=O)N1CCS(=O)(=O)C(C)C. The molecule has 1 saturated carbocycles. The lowest BCUT2D eigenvalue weighted by Crippen LogP contribution is -2.69. The Morgan fingerprint density at radius 3 is 2.38 bits per heavy atom. The van der Waals surface area contributed by atoms with Crippen LogP contribution in [0.25, 0.3) is 0 Å². The summed E-state index contributed by atoms with van der Waals surface area (Å²) in [5.41, 5.74) is -0.787. The second-order valence-corrected chi connectivity index (χ2v) is 9.05. The molecule has 2 fully saturated rings. The van der Waals surface area contributed by atoms with Gasteiger partial charge in [0.1, 0.15) is 11.6 Å². The molecule has 2 aliphatic rings. The average Bonchev–Trinajstić information content (AvgIpc) is 2.86. The van der Waals surface area contributed by atoms with Gasteiger partial charge in [-0.2, -0.15) is 0 Å². The van der Waals surface area contributed by atoms with Crippen molar-refractivity contribution >= 4 is 21.7 Å². The highest BCUT2D eigenvalue weighted by molar-refractivity contribution is 7.92. The summed E-state index contributed by atoms with van der Waals surface area (Å²) in [5, 5.41) is 2.39. The van der Waals surface area contributed by atoms with Gasteiger partial charge in [0.2, 0.25) is 11.8 Å². The minimum atomic E-state index is -3.22. The van der Waals surface area contributed by atoms with E-state index in [1.807, 2.05) is 0 Å². The summed E-state index contributed by atoms with van der Waals surface area (Å²) in [6, 6.07) is -0.605. The lowest BCUT2D eigenvalue weighted by Gasteiger charge is -2.43. The molecule has 1 atom stereocenters. The minimum Gasteiger partial charge on any atom is -0.340 e. The first-order valence-electron chi connectivity index (χ1n) is 7.54. The van der Waals surface area contributed by atoms with Crippen LogP contribution in [0.5, 0.6) is 0 Å². The van der Waals surface area contributed by atoms with E-state index < -0.39 is 26.7 Å². The molecule has 21 heavy (non-hydrogen) atoms. The van der Waals surface area contributed by atoms with Crippen LogP contribution >= 0.6 is 0 Å². The highest BCUT2D eigenvalue weighted by Crippen LogP contribution is 2.34. The second kappa shape index (κ2) is 5.59. The Labute approximate surface area is 126 Å². The number of nitrogens with zero attached hydrogens (tertiary/aromatic N) is 1. The zero-order valence-corrected chi connectivity index (χ0v) is 13.7. The number of rotatable bonds is 4. The monoisotopic (exact) mass is 316 g/mol. The summed E-state index contributed by atoms with van der Waals surface area (Å²) in [6.45, 7) is 5.00. The molecule has 0 bridgehead atoms. The zero-order valence-electron chi connectivity index (χ0n) is 12.9. The van der Waals surface area contributed by atoms with Crippen LogP contribution in [-0.2, 0) is 19.4 Å². The summed E-state index contributed by atoms with van der Waals surface area (Å²) < 4.78 is 23.9. The number of carbonyl (C=O) groups is 2. The normalized spacial score (nSPS) is 25.7. The van der Waals surface area contributed by atoms with Gasteiger partial charge in [-0.1, -0.05) is 12.8 Å². The first-order chi connectivity index (χ1) is 9.69. The van der Waals surface area contributed by atoms with Crippen molar-refractivity contribution in [3.63, 3.8) is 0 Å². The summed E-state index contributed by atoms with van der Waals surface area (Å²) >= 11 is 0. The van der Waals surface area contributed by atoms with Gasteiger partial charge in [-0.15, -0.1) is 0 Å². The molecule has 1 unspecified atom stereocenters. The average molecular weight is 316 g/mol. The zero-order chi connectivity index (χ0) is 15.8. The van der Waals surface area contributed by atoms with Crippen molar-refractivity contribution in [2.24, 2.45) is 0 Å². The van der Waals surface area contributed by atoms with Gasteiger partial charge in [0.25, 0.3) is 0 Å². The largest absolute Gasteiger partial charge is 0.340 e. The van der Waals surface area contributed by atoms with E-state index in [2.05, 4.69) is 5.32 Å². The Morgan fingerprint density at radius 1 is 1.29 bits per heavy atom. The third kappa shape index (κ3) is 2.93. The quantitative estimate of drug-likeness (QED) is 0.817. The van der Waals surface area contributed by atoms with Crippen molar-refractivity contribution in [3.8, 4) is 0 Å². The maximum atomic E-state index is 12.7. The van der Waals surface area contributed by atoms with E-state index in [9.17, 15) is 18.0 Å². The van der Waals surface area contributed by atoms with Crippen LogP contribution in [0.4, 0.5) is 0 Å². The molecule has 0 aromatic rings. The van der Waals surface area contributed by atoms with Crippen LogP contribution in [0, 0.1) is 0 Å². The van der Waals surface area contributed by atoms with Gasteiger partial charge in [0, 0.05) is 6.54 Å². The molecule has 1 aliphatic heterocycles. The van der Waals surface area contributed by atoms with Crippen molar-refractivity contribution in [1.82, 2.24) is 10.2 Å². The van der Waals surface area contributed by atoms with Gasteiger partial charge in [-0.3, -0.25) is 9.59 Å². The van der Waals surface area contributed by atoms with Crippen LogP contribution in [0.3, 0.4) is 0 Å². The molecule has 0 aromatic heterocycles. The molecule has 120 valence electrons. The second-order valence-electron chi connectivity index (χ2n) is 6.37. The Kier molecular flexibility index (Phi) is 4.33. The van der Waals surface area contributed by atoms with E-state index >= 15 is 0 Å². The van der Waals surface area contributed by atoms with E-state index in [1.165, 1.54) is 4.90 Å². The first kappa shape index (κ1) is 16.3. The third-order valence-corrected chi connectivity index (χ3v) is 6.86. The van der Waals surface area contributed by atoms with Gasteiger partial charge in [-0.25, -0.2) is 8.42 Å². The molecular weight excluding hydrogens is 292 g/mol. The molecule has 1 aliphatic carbocycles. The summed E-state index contributed by atoms with van der Waals surface area (Å²) in [4.78, 5) is 26.3. The smallest absolute Gasteiger partial charge is 0.249 e. The minimum absolute atomic E-state index is 0.0929. The Hall–Kier alpha value is -1.11. The van der Waals surface area contributed by atoms with E-state index in [0.717, 1.165) is 12.8 Å². The lowest BCUT2D eigenvalue weighted by atomic mass is 9.91. The number of amides is 2. The highest BCUT2D eigenvalue weighted by Gasteiger charge is 2.50. The molecule has 7 heteroatoms. The first-order valence-corrected chi connectivity index (χ1v) is 9.26. The summed E-state index contributed by atoms with van der Waals surface area (Å²) in [6.07, 6.45) is 3.13. The molecule has 1 heterocycles. The third-order valence-electron chi connectivity index (χ3n) is 4.67. The van der Waals surface area contributed by atoms with Crippen molar-refractivity contribution in [2.75, 3.05) is 12.3 Å². The van der Waals surface area contributed by atoms with Gasteiger partial charge in [-0.05, 0) is 33.6 Å². The van der Waals surface area contributed by atoms with E-state index in [4.69, 9.17) is 0 Å². The van der Waals surface area contributed by atoms with E-state index in [0.29, 0.717) is 12.8 Å². The summed E-state index contributed by atoms with van der Waals surface area (Å²) in [7, 11) is -3.22. The standard InChI is InChI=1S/C14H24N2O4S/c1-10(2)21(19,20)9-8-16-11(3)12(17)15-14(13(16)18)6-4-5-7-14/h10-11H,4-9H2,1-3H3,(H,15,17). The van der Waals surface area contributed by atoms with Crippen LogP contribution in [0.1, 0.15) is 46.5 Å². The van der Waals surface area contributed by atoms with Gasteiger partial charge in [0.05, 0.1) is 11.0 Å². The summed E-state index contributed by atoms with van der Waals surface area (Å²) in [5.74, 6) is -0.395. The molecule has 1 spiro atoms. The van der Waals surface area contributed by atoms with Crippen molar-refractivity contribution in [1.29, 1.82) is 0 Å². The lowest BCUT2D eigenvalue weighted by molar-refractivity contribution is -0.153. The van der Waals surface area contributed by atoms with Crippen molar-refractivity contribution in [3.05, 3.63) is 0 Å². The fraction of sp³-hybridized carbons (Fsp3) is 0.857. The van der Waals surface area contributed by atoms with E-state index in [1.54, 1.807) is 20.8 Å². The van der Waals surface area contributed by atoms with Crippen LogP contribution < -0.4 is 5.32 Å². The topological polar surface area (TPSA) is 83.6 Å². The van der Waals surface area contributed by atoms with Crippen LogP contribution in [0.2, 0.25) is 0 Å². The van der Waals surface area contributed by atoms with Gasteiger partial charge >= 0.3 is 0 Å². The van der Waals surface area contributed by atoms with Crippen molar-refractivity contribution < 1.29 is 18.0 Å². The molecule has 2 rings (SSSR count). The molecule has 1 N–H and O–H groups in total. The number of hydrogen-bond donors (Lipinski definition) is 1. The molecule has 6 nitrogen and oxygen atoms in total. The Bertz CT molecular complexity index is 535. The van der Waals surface area contributed by atoms with E-state index in [-0.39, 0.29) is 24.1 Å².